The number of hydrogen-bond donors (Lipinski definition) is 0. The van der Waals surface area contributed by atoms with E-state index in [-0.39, 0.29) is 0 Å². The van der Waals surface area contributed by atoms with E-state index < -0.39 is 0 Å². The highest BCUT2D eigenvalue weighted by atomic mass is 79.9. The van der Waals surface area contributed by atoms with Gasteiger partial charge in [0.2, 0.25) is 0 Å². The van der Waals surface area contributed by atoms with Crippen molar-refractivity contribution in [3.05, 3.63) is 0 Å². The Morgan fingerprint density at radius 2 is 1.72 bits per heavy atom. The van der Waals surface area contributed by atoms with E-state index in [0.717, 1.165) is 0 Å². The quantitative estimate of drug-likeness (QED) is 0.577. The second-order valence-electron chi connectivity index (χ2n) is 6.26. The van der Waals surface area contributed by atoms with Crippen molar-refractivity contribution in [1.29, 1.82) is 0 Å². The van der Waals surface area contributed by atoms with E-state index in [1.54, 1.807) is 0 Å². The molecule has 0 amide bonds. The predicted molar refractivity (Wildman–Crippen MR) is 80.4 cm³/mol. The number of methoxy groups -OCH3 is 1. The second-order valence-corrected chi connectivity index (χ2v) is 6.82. The van der Waals surface area contributed by atoms with E-state index in [4.69, 9.17) is 4.74 Å². The summed E-state index contributed by atoms with van der Waals surface area (Å²) < 4.78 is 5.46. The van der Waals surface area contributed by atoms with Crippen LogP contribution in [0.3, 0.4) is 0 Å². The van der Waals surface area contributed by atoms with E-state index in [2.05, 4.69) is 20.8 Å². The molecule has 2 nitrogen and oxygen atoms in total. The van der Waals surface area contributed by atoms with Gasteiger partial charge < -0.3 is 9.64 Å². The summed E-state index contributed by atoms with van der Waals surface area (Å²) in [5.74, 6) is 0. The third kappa shape index (κ3) is 3.94. The van der Waals surface area contributed by atoms with Crippen LogP contribution in [0.2, 0.25) is 0 Å². The molecule has 18 heavy (non-hydrogen) atoms. The van der Waals surface area contributed by atoms with Crippen LogP contribution >= 0.6 is 15.9 Å². The van der Waals surface area contributed by atoms with Gasteiger partial charge in [0.15, 0.2) is 0 Å². The third-order valence-electron chi connectivity index (χ3n) is 4.87. The molecule has 0 aromatic carbocycles. The van der Waals surface area contributed by atoms with Crippen LogP contribution < -0.4 is 0 Å². The van der Waals surface area contributed by atoms with Gasteiger partial charge in [-0.3, -0.25) is 0 Å². The fourth-order valence-corrected chi connectivity index (χ4v) is 4.33. The van der Waals surface area contributed by atoms with Crippen LogP contribution in [0.25, 0.3) is 0 Å². The van der Waals surface area contributed by atoms with Crippen molar-refractivity contribution in [2.24, 2.45) is 5.41 Å². The second kappa shape index (κ2) is 7.25. The van der Waals surface area contributed by atoms with Gasteiger partial charge in [-0.1, -0.05) is 41.6 Å². The van der Waals surface area contributed by atoms with Gasteiger partial charge in [0, 0.05) is 32.1 Å². The smallest absolute Gasteiger partial charge is 0.0595 e. The lowest BCUT2D eigenvalue weighted by Gasteiger charge is -2.39. The maximum Gasteiger partial charge on any atom is 0.0595 e. The van der Waals surface area contributed by atoms with E-state index in [1.165, 1.54) is 76.3 Å². The van der Waals surface area contributed by atoms with E-state index in [0.29, 0.717) is 11.5 Å². The molecule has 1 saturated heterocycles. The highest BCUT2D eigenvalue weighted by molar-refractivity contribution is 9.09. The van der Waals surface area contributed by atoms with Crippen molar-refractivity contribution in [2.45, 2.75) is 57.5 Å². The zero-order chi connectivity index (χ0) is 12.8. The summed E-state index contributed by atoms with van der Waals surface area (Å²) in [5.41, 5.74) is 0.552. The zero-order valence-corrected chi connectivity index (χ0v) is 13.4. The van der Waals surface area contributed by atoms with Crippen molar-refractivity contribution in [1.82, 2.24) is 4.90 Å². The van der Waals surface area contributed by atoms with Gasteiger partial charge in [-0.15, -0.1) is 0 Å². The molecule has 3 heteroatoms. The summed E-state index contributed by atoms with van der Waals surface area (Å²) >= 11 is 3.80. The molecule has 0 N–H and O–H groups in total. The summed E-state index contributed by atoms with van der Waals surface area (Å²) in [6, 6.07) is 0. The van der Waals surface area contributed by atoms with Crippen LogP contribution in [0.5, 0.6) is 0 Å². The van der Waals surface area contributed by atoms with Crippen LogP contribution in [-0.4, -0.2) is 43.1 Å². The van der Waals surface area contributed by atoms with Crippen molar-refractivity contribution in [3.8, 4) is 0 Å². The number of alkyl halides is 1. The largest absolute Gasteiger partial charge is 0.381 e. The summed E-state index contributed by atoms with van der Waals surface area (Å²) in [6.07, 6.45) is 11.5. The summed E-state index contributed by atoms with van der Waals surface area (Å²) in [6.45, 7) is 3.76. The first-order valence-electron chi connectivity index (χ1n) is 7.59. The van der Waals surface area contributed by atoms with Crippen molar-refractivity contribution in [3.63, 3.8) is 0 Å². The first-order chi connectivity index (χ1) is 8.78. The van der Waals surface area contributed by atoms with Gasteiger partial charge in [0.1, 0.15) is 0 Å². The maximum atomic E-state index is 5.46. The number of rotatable bonds is 4. The van der Waals surface area contributed by atoms with Gasteiger partial charge in [-0.2, -0.15) is 0 Å². The van der Waals surface area contributed by atoms with E-state index in [9.17, 15) is 0 Å². The molecule has 0 aromatic heterocycles. The third-order valence-corrected chi connectivity index (χ3v) is 6.06. The molecule has 1 aliphatic carbocycles. The monoisotopic (exact) mass is 317 g/mol. The molecule has 2 aliphatic rings. The molecule has 2 rings (SSSR count). The number of hydrogen-bond acceptors (Lipinski definition) is 2. The minimum absolute atomic E-state index is 0.510. The number of likely N-dealkylation sites (tertiary alicyclic amines) is 1. The molecule has 1 aliphatic heterocycles. The molecular formula is C15H28BrNO. The maximum absolute atomic E-state index is 5.46. The summed E-state index contributed by atoms with van der Waals surface area (Å²) in [5, 5.41) is 1.18. The molecule has 0 spiro atoms. The Labute approximate surface area is 121 Å². The molecule has 1 saturated carbocycles. The Hall–Kier alpha value is 0.400. The van der Waals surface area contributed by atoms with Crippen LogP contribution in [0.4, 0.5) is 0 Å². The number of piperidine rings is 1. The zero-order valence-electron chi connectivity index (χ0n) is 11.8. The van der Waals surface area contributed by atoms with Crippen molar-refractivity contribution in [2.75, 3.05) is 32.1 Å². The van der Waals surface area contributed by atoms with Gasteiger partial charge >= 0.3 is 0 Å². The van der Waals surface area contributed by atoms with Gasteiger partial charge in [-0.05, 0) is 31.1 Å². The number of halogens is 1. The Morgan fingerprint density at radius 3 is 2.22 bits per heavy atom. The molecule has 0 radical (unpaired) electrons. The molecule has 0 unspecified atom stereocenters. The van der Waals surface area contributed by atoms with Crippen LogP contribution in [-0.2, 0) is 4.74 Å². The van der Waals surface area contributed by atoms with Crippen LogP contribution in [0.1, 0.15) is 51.4 Å². The molecule has 0 aromatic rings. The summed E-state index contributed by atoms with van der Waals surface area (Å²) in [7, 11) is 1.85. The van der Waals surface area contributed by atoms with Gasteiger partial charge in [0.05, 0.1) is 6.10 Å². The average molecular weight is 318 g/mol. The van der Waals surface area contributed by atoms with Gasteiger partial charge in [0.25, 0.3) is 0 Å². The summed E-state index contributed by atoms with van der Waals surface area (Å²) in [4.78, 5) is 2.68. The molecule has 106 valence electrons. The fourth-order valence-electron chi connectivity index (χ4n) is 3.59. The SMILES string of the molecule is COC1CCN(CC2(CBr)CCCCCC2)CC1. The Bertz CT molecular complexity index is 231. The minimum Gasteiger partial charge on any atom is -0.381 e. The van der Waals surface area contributed by atoms with E-state index in [1.807, 2.05) is 7.11 Å². The standard InChI is InChI=1S/C15H28BrNO/c1-18-14-6-10-17(11-7-14)13-15(12-16)8-4-2-3-5-9-15/h14H,2-13H2,1H3. The lowest BCUT2D eigenvalue weighted by molar-refractivity contribution is 0.0268. The van der Waals surface area contributed by atoms with Crippen molar-refractivity contribution >= 4 is 15.9 Å². The van der Waals surface area contributed by atoms with E-state index >= 15 is 0 Å². The molecule has 2 fully saturated rings. The predicted octanol–water partition coefficient (Wildman–Crippen LogP) is 3.83. The minimum atomic E-state index is 0.510. The normalized spacial score (nSPS) is 27.0. The highest BCUT2D eigenvalue weighted by Gasteiger charge is 2.33. The number of nitrogens with zero attached hydrogens (tertiary/aromatic N) is 1. The lowest BCUT2D eigenvalue weighted by atomic mass is 9.81. The first-order valence-corrected chi connectivity index (χ1v) is 8.71. The topological polar surface area (TPSA) is 12.5 Å². The Kier molecular flexibility index (Phi) is 5.96. The highest BCUT2D eigenvalue weighted by Crippen LogP contribution is 2.38. The number of ether oxygens (including phenoxy) is 1. The fraction of sp³-hybridized carbons (Fsp3) is 1.00. The molecule has 0 atom stereocenters. The molecule has 0 bridgehead atoms. The van der Waals surface area contributed by atoms with Gasteiger partial charge in [-0.25, -0.2) is 0 Å². The first kappa shape index (κ1) is 14.8. The lowest BCUT2D eigenvalue weighted by Crippen LogP contribution is -2.44. The van der Waals surface area contributed by atoms with Crippen LogP contribution in [0.15, 0.2) is 0 Å². The molecule has 1 heterocycles. The average Bonchev–Trinajstić information content (AvgIpc) is 2.66. The van der Waals surface area contributed by atoms with Crippen LogP contribution in [0, 0.1) is 5.41 Å². The molecular weight excluding hydrogens is 290 g/mol. The van der Waals surface area contributed by atoms with Crippen molar-refractivity contribution < 1.29 is 4.74 Å². The Morgan fingerprint density at radius 1 is 1.11 bits per heavy atom. The Balaban J connectivity index is 1.85.